The standard InChI is InChI=1S/C17H26N4O2/c1-4-15-14(9-18-13(3)19-15)17(22)21-10-12(2)16(11-21)20-5-7-23-8-6-20/h9,12,16H,4-8,10-11H2,1-3H3/t12-,16-/m0/s1. The maximum absolute atomic E-state index is 12.9. The van der Waals surface area contributed by atoms with E-state index in [0.29, 0.717) is 17.5 Å². The maximum Gasteiger partial charge on any atom is 0.257 e. The summed E-state index contributed by atoms with van der Waals surface area (Å²) in [5, 5.41) is 0. The Morgan fingerprint density at radius 2 is 2.09 bits per heavy atom. The number of hydrogen-bond acceptors (Lipinski definition) is 5. The number of aryl methyl sites for hydroxylation is 2. The van der Waals surface area contributed by atoms with Crippen molar-refractivity contribution < 1.29 is 9.53 Å². The van der Waals surface area contributed by atoms with Gasteiger partial charge in [-0.1, -0.05) is 13.8 Å². The van der Waals surface area contributed by atoms with Crippen molar-refractivity contribution >= 4 is 5.91 Å². The Kier molecular flexibility index (Phi) is 4.92. The van der Waals surface area contributed by atoms with Crippen LogP contribution in [0.25, 0.3) is 0 Å². The number of ether oxygens (including phenoxy) is 1. The van der Waals surface area contributed by atoms with Crippen molar-refractivity contribution in [1.82, 2.24) is 19.8 Å². The molecule has 3 rings (SSSR count). The molecule has 1 amide bonds. The summed E-state index contributed by atoms with van der Waals surface area (Å²) in [6.07, 6.45) is 2.44. The van der Waals surface area contributed by atoms with Gasteiger partial charge in [0.1, 0.15) is 5.82 Å². The quantitative estimate of drug-likeness (QED) is 0.836. The molecule has 0 aromatic carbocycles. The highest BCUT2D eigenvalue weighted by atomic mass is 16.5. The molecule has 2 saturated heterocycles. The zero-order chi connectivity index (χ0) is 16.4. The number of likely N-dealkylation sites (tertiary alicyclic amines) is 1. The summed E-state index contributed by atoms with van der Waals surface area (Å²) in [5.41, 5.74) is 1.51. The summed E-state index contributed by atoms with van der Waals surface area (Å²) >= 11 is 0. The molecule has 23 heavy (non-hydrogen) atoms. The van der Waals surface area contributed by atoms with Gasteiger partial charge in [0.15, 0.2) is 0 Å². The van der Waals surface area contributed by atoms with Gasteiger partial charge in [-0.05, 0) is 19.3 Å². The van der Waals surface area contributed by atoms with E-state index in [0.717, 1.165) is 57.3 Å². The third kappa shape index (κ3) is 3.38. The fraction of sp³-hybridized carbons (Fsp3) is 0.706. The third-order valence-corrected chi connectivity index (χ3v) is 4.93. The van der Waals surface area contributed by atoms with E-state index in [2.05, 4.69) is 21.8 Å². The summed E-state index contributed by atoms with van der Waals surface area (Å²) in [7, 11) is 0. The van der Waals surface area contributed by atoms with Crippen molar-refractivity contribution in [3.63, 3.8) is 0 Å². The normalized spacial score (nSPS) is 25.8. The van der Waals surface area contributed by atoms with Gasteiger partial charge < -0.3 is 9.64 Å². The second-order valence-corrected chi connectivity index (χ2v) is 6.53. The first kappa shape index (κ1) is 16.3. The van der Waals surface area contributed by atoms with Crippen LogP contribution in [-0.2, 0) is 11.2 Å². The predicted molar refractivity (Wildman–Crippen MR) is 87.4 cm³/mol. The van der Waals surface area contributed by atoms with E-state index in [-0.39, 0.29) is 5.91 Å². The smallest absolute Gasteiger partial charge is 0.257 e. The second kappa shape index (κ2) is 6.93. The first-order valence-electron chi connectivity index (χ1n) is 8.53. The van der Waals surface area contributed by atoms with E-state index >= 15 is 0 Å². The molecule has 126 valence electrons. The van der Waals surface area contributed by atoms with Gasteiger partial charge in [0, 0.05) is 38.4 Å². The average Bonchev–Trinajstić information content (AvgIpc) is 2.96. The minimum atomic E-state index is 0.0736. The average molecular weight is 318 g/mol. The lowest BCUT2D eigenvalue weighted by atomic mass is 10.0. The zero-order valence-corrected chi connectivity index (χ0v) is 14.3. The molecule has 2 atom stereocenters. The molecule has 3 heterocycles. The molecule has 0 saturated carbocycles. The highest BCUT2D eigenvalue weighted by Gasteiger charge is 2.37. The first-order chi connectivity index (χ1) is 11.1. The number of rotatable bonds is 3. The van der Waals surface area contributed by atoms with Crippen LogP contribution in [0.5, 0.6) is 0 Å². The Morgan fingerprint density at radius 1 is 1.35 bits per heavy atom. The molecule has 1 aromatic rings. The minimum absolute atomic E-state index is 0.0736. The number of carbonyl (C=O) groups is 1. The minimum Gasteiger partial charge on any atom is -0.379 e. The summed E-state index contributed by atoms with van der Waals surface area (Å²) in [4.78, 5) is 26.0. The van der Waals surface area contributed by atoms with E-state index in [4.69, 9.17) is 4.74 Å². The summed E-state index contributed by atoms with van der Waals surface area (Å²) in [5.74, 6) is 1.28. The number of morpholine rings is 1. The Hall–Kier alpha value is -1.53. The number of nitrogens with zero attached hydrogens (tertiary/aromatic N) is 4. The SMILES string of the molecule is CCc1nc(C)ncc1C(=O)N1C[C@H](C)[C@@H](N2CCOCC2)C1. The van der Waals surface area contributed by atoms with E-state index in [9.17, 15) is 4.79 Å². The van der Waals surface area contributed by atoms with Crippen LogP contribution in [0.2, 0.25) is 0 Å². The van der Waals surface area contributed by atoms with Crippen LogP contribution in [0.4, 0.5) is 0 Å². The van der Waals surface area contributed by atoms with Crippen LogP contribution in [-0.4, -0.2) is 71.1 Å². The van der Waals surface area contributed by atoms with E-state index < -0.39 is 0 Å². The van der Waals surface area contributed by atoms with Crippen LogP contribution in [0.15, 0.2) is 6.20 Å². The Bertz CT molecular complexity index is 572. The van der Waals surface area contributed by atoms with Crippen molar-refractivity contribution in [2.24, 2.45) is 5.92 Å². The van der Waals surface area contributed by atoms with Crippen LogP contribution < -0.4 is 0 Å². The number of amides is 1. The van der Waals surface area contributed by atoms with Crippen molar-refractivity contribution in [2.75, 3.05) is 39.4 Å². The Labute approximate surface area is 137 Å². The predicted octanol–water partition coefficient (Wildman–Crippen LogP) is 1.14. The van der Waals surface area contributed by atoms with Gasteiger partial charge in [-0.25, -0.2) is 9.97 Å². The molecule has 6 heteroatoms. The van der Waals surface area contributed by atoms with Gasteiger partial charge in [0.2, 0.25) is 0 Å². The fourth-order valence-electron chi connectivity index (χ4n) is 3.64. The molecular formula is C17H26N4O2. The van der Waals surface area contributed by atoms with Crippen LogP contribution in [0.1, 0.15) is 35.7 Å². The largest absolute Gasteiger partial charge is 0.379 e. The lowest BCUT2D eigenvalue weighted by Gasteiger charge is -2.34. The van der Waals surface area contributed by atoms with Gasteiger partial charge in [0.25, 0.3) is 5.91 Å². The van der Waals surface area contributed by atoms with Crippen molar-refractivity contribution in [3.8, 4) is 0 Å². The molecule has 0 N–H and O–H groups in total. The summed E-state index contributed by atoms with van der Waals surface area (Å²) in [6.45, 7) is 11.2. The molecule has 0 spiro atoms. The molecule has 1 aromatic heterocycles. The molecule has 2 aliphatic rings. The summed E-state index contributed by atoms with van der Waals surface area (Å²) < 4.78 is 5.44. The van der Waals surface area contributed by atoms with E-state index in [1.54, 1.807) is 6.20 Å². The number of aromatic nitrogens is 2. The Balaban J connectivity index is 1.73. The van der Waals surface area contributed by atoms with E-state index in [1.807, 2.05) is 18.7 Å². The van der Waals surface area contributed by atoms with Crippen LogP contribution in [0, 0.1) is 12.8 Å². The van der Waals surface area contributed by atoms with Crippen molar-refractivity contribution in [2.45, 2.75) is 33.2 Å². The van der Waals surface area contributed by atoms with E-state index in [1.165, 1.54) is 0 Å². The van der Waals surface area contributed by atoms with Gasteiger partial charge in [-0.3, -0.25) is 9.69 Å². The van der Waals surface area contributed by atoms with Gasteiger partial charge in [0.05, 0.1) is 24.5 Å². The Morgan fingerprint density at radius 3 is 2.78 bits per heavy atom. The maximum atomic E-state index is 12.9. The first-order valence-corrected chi connectivity index (χ1v) is 8.53. The number of carbonyl (C=O) groups excluding carboxylic acids is 1. The molecule has 0 bridgehead atoms. The van der Waals surface area contributed by atoms with Crippen molar-refractivity contribution in [1.29, 1.82) is 0 Å². The van der Waals surface area contributed by atoms with Gasteiger partial charge >= 0.3 is 0 Å². The fourth-order valence-corrected chi connectivity index (χ4v) is 3.64. The second-order valence-electron chi connectivity index (χ2n) is 6.53. The third-order valence-electron chi connectivity index (χ3n) is 4.93. The highest BCUT2D eigenvalue weighted by molar-refractivity contribution is 5.95. The topological polar surface area (TPSA) is 58.6 Å². The molecule has 6 nitrogen and oxygen atoms in total. The monoisotopic (exact) mass is 318 g/mol. The zero-order valence-electron chi connectivity index (χ0n) is 14.3. The lowest BCUT2D eigenvalue weighted by molar-refractivity contribution is 0.0119. The van der Waals surface area contributed by atoms with Gasteiger partial charge in [-0.2, -0.15) is 0 Å². The highest BCUT2D eigenvalue weighted by Crippen LogP contribution is 2.24. The van der Waals surface area contributed by atoms with Gasteiger partial charge in [-0.15, -0.1) is 0 Å². The molecular weight excluding hydrogens is 292 g/mol. The summed E-state index contributed by atoms with van der Waals surface area (Å²) in [6, 6.07) is 0.430. The molecule has 0 unspecified atom stereocenters. The molecule has 2 fully saturated rings. The van der Waals surface area contributed by atoms with Crippen LogP contribution >= 0.6 is 0 Å². The molecule has 0 aliphatic carbocycles. The lowest BCUT2D eigenvalue weighted by Crippen LogP contribution is -2.47. The van der Waals surface area contributed by atoms with Crippen LogP contribution in [0.3, 0.4) is 0 Å². The number of hydrogen-bond donors (Lipinski definition) is 0. The molecule has 2 aliphatic heterocycles. The molecule has 0 radical (unpaired) electrons. The van der Waals surface area contributed by atoms with Crippen molar-refractivity contribution in [3.05, 3.63) is 23.3 Å².